The molecule has 1 aliphatic heterocycles. The Bertz CT molecular complexity index is 934. The first-order valence-electron chi connectivity index (χ1n) is 8.72. The molecule has 1 aromatic heterocycles. The summed E-state index contributed by atoms with van der Waals surface area (Å²) in [5, 5.41) is 32.2. The molecular weight excluding hydrogens is 383 g/mol. The van der Waals surface area contributed by atoms with E-state index in [0.717, 1.165) is 0 Å². The van der Waals surface area contributed by atoms with E-state index in [2.05, 4.69) is 20.9 Å². The zero-order chi connectivity index (χ0) is 21.0. The molecule has 0 saturated carbocycles. The number of carboxylic acid groups (broad SMARTS) is 1. The first-order chi connectivity index (χ1) is 13.9. The molecule has 12 nitrogen and oxygen atoms in total. The second kappa shape index (κ2) is 8.71. The van der Waals surface area contributed by atoms with Crippen LogP contribution in [-0.4, -0.2) is 62.5 Å². The van der Waals surface area contributed by atoms with Crippen LogP contribution < -0.4 is 21.0 Å². The van der Waals surface area contributed by atoms with Crippen molar-refractivity contribution in [3.8, 4) is 5.75 Å². The summed E-state index contributed by atoms with van der Waals surface area (Å²) in [5.41, 5.74) is 6.16. The van der Waals surface area contributed by atoms with Crippen LogP contribution in [0.4, 0.5) is 0 Å². The fraction of sp³-hybridized carbons (Fsp3) is 0.312. The van der Waals surface area contributed by atoms with E-state index in [1.165, 1.54) is 16.9 Å². The van der Waals surface area contributed by atoms with E-state index in [1.54, 1.807) is 12.1 Å². The molecule has 1 unspecified atom stereocenters. The van der Waals surface area contributed by atoms with Gasteiger partial charge in [0, 0.05) is 0 Å². The van der Waals surface area contributed by atoms with Gasteiger partial charge in [0.05, 0.1) is 30.8 Å². The number of carbonyl (C=O) groups excluding carboxylic acids is 2. The van der Waals surface area contributed by atoms with Gasteiger partial charge in [-0.3, -0.25) is 9.59 Å². The van der Waals surface area contributed by atoms with Crippen LogP contribution in [0.15, 0.2) is 24.4 Å². The van der Waals surface area contributed by atoms with Crippen LogP contribution in [0.1, 0.15) is 21.6 Å². The first-order valence-corrected chi connectivity index (χ1v) is 8.72. The summed E-state index contributed by atoms with van der Waals surface area (Å²) in [6.45, 7) is -0.169. The third-order valence-electron chi connectivity index (χ3n) is 4.24. The van der Waals surface area contributed by atoms with E-state index in [1.807, 2.05) is 0 Å². The molecule has 0 fully saturated rings. The smallest absolute Gasteiger partial charge is 0.534 e. The first kappa shape index (κ1) is 20.3. The number of aromatic nitrogens is 3. The van der Waals surface area contributed by atoms with Gasteiger partial charge in [0.1, 0.15) is 18.0 Å². The lowest BCUT2D eigenvalue weighted by atomic mass is 9.72. The van der Waals surface area contributed by atoms with Gasteiger partial charge in [-0.25, -0.2) is 9.48 Å². The molecule has 1 aromatic carbocycles. The summed E-state index contributed by atoms with van der Waals surface area (Å²) in [5.74, 6) is -2.61. The molecular formula is C16H19BN6O6. The Morgan fingerprint density at radius 1 is 1.34 bits per heavy atom. The van der Waals surface area contributed by atoms with Crippen LogP contribution >= 0.6 is 0 Å². The number of carboxylic acids is 1. The highest BCUT2D eigenvalue weighted by Crippen LogP contribution is 2.30. The van der Waals surface area contributed by atoms with E-state index < -0.39 is 24.9 Å². The molecule has 2 amide bonds. The van der Waals surface area contributed by atoms with Crippen LogP contribution in [0.2, 0.25) is 0 Å². The zero-order valence-corrected chi connectivity index (χ0v) is 15.2. The van der Waals surface area contributed by atoms with Crippen LogP contribution in [0.25, 0.3) is 0 Å². The summed E-state index contributed by atoms with van der Waals surface area (Å²) in [4.78, 5) is 34.7. The second-order valence-electron chi connectivity index (χ2n) is 6.37. The van der Waals surface area contributed by atoms with Crippen molar-refractivity contribution in [2.24, 2.45) is 5.73 Å². The number of para-hydroxylation sites is 1. The van der Waals surface area contributed by atoms with Crippen molar-refractivity contribution >= 4 is 24.9 Å². The van der Waals surface area contributed by atoms with E-state index >= 15 is 0 Å². The highest BCUT2D eigenvalue weighted by Gasteiger charge is 2.37. The predicted octanol–water partition coefficient (Wildman–Crippen LogP) is -2.31. The maximum atomic E-state index is 12.3. The van der Waals surface area contributed by atoms with Gasteiger partial charge in [0.2, 0.25) is 11.8 Å². The van der Waals surface area contributed by atoms with Crippen molar-refractivity contribution in [3.63, 3.8) is 0 Å². The Labute approximate surface area is 165 Å². The second-order valence-corrected chi connectivity index (χ2v) is 6.37. The number of carbonyl (C=O) groups is 3. The molecule has 0 bridgehead atoms. The van der Waals surface area contributed by atoms with Crippen LogP contribution in [0.3, 0.4) is 0 Å². The number of hydrogen-bond acceptors (Lipinski definition) is 8. The average molecular weight is 402 g/mol. The topological polar surface area (TPSA) is 182 Å². The summed E-state index contributed by atoms with van der Waals surface area (Å²) in [6.07, 6.45) is 1.70. The van der Waals surface area contributed by atoms with E-state index in [9.17, 15) is 24.5 Å². The molecule has 152 valence electrons. The summed E-state index contributed by atoms with van der Waals surface area (Å²) >= 11 is 0. The number of hydrogen-bond donors (Lipinski definition) is 5. The molecule has 1 aliphatic rings. The predicted molar refractivity (Wildman–Crippen MR) is 98.6 cm³/mol. The van der Waals surface area contributed by atoms with E-state index in [-0.39, 0.29) is 43.3 Å². The number of rotatable bonds is 7. The van der Waals surface area contributed by atoms with Gasteiger partial charge >= 0.3 is 13.1 Å². The molecule has 3 rings (SSSR count). The van der Waals surface area contributed by atoms with Gasteiger partial charge in [0.25, 0.3) is 0 Å². The highest BCUT2D eigenvalue weighted by atomic mass is 16.5. The molecule has 29 heavy (non-hydrogen) atoms. The SMILES string of the molecule is NCC(=O)NCc1cn(CC(=O)NC2Cc3cccc(C(=O)O)c3OB2O)nn1. The highest BCUT2D eigenvalue weighted by molar-refractivity contribution is 6.47. The quantitative estimate of drug-likeness (QED) is 0.318. The van der Waals surface area contributed by atoms with Gasteiger partial charge < -0.3 is 31.2 Å². The van der Waals surface area contributed by atoms with Gasteiger partial charge in [-0.2, -0.15) is 0 Å². The molecule has 0 saturated heterocycles. The Balaban J connectivity index is 1.59. The van der Waals surface area contributed by atoms with Crippen LogP contribution in [0, 0.1) is 0 Å². The van der Waals surface area contributed by atoms with Crippen molar-refractivity contribution in [1.82, 2.24) is 25.6 Å². The summed E-state index contributed by atoms with van der Waals surface area (Å²) < 4.78 is 6.62. The molecule has 0 spiro atoms. The summed E-state index contributed by atoms with van der Waals surface area (Å²) in [6, 6.07) is 4.62. The maximum Gasteiger partial charge on any atom is 0.547 e. The van der Waals surface area contributed by atoms with Crippen molar-refractivity contribution in [1.29, 1.82) is 0 Å². The number of fused-ring (bicyclic) bond motifs is 1. The number of nitrogens with one attached hydrogen (secondary N) is 2. The largest absolute Gasteiger partial charge is 0.547 e. The zero-order valence-electron chi connectivity index (χ0n) is 15.2. The van der Waals surface area contributed by atoms with Crippen molar-refractivity contribution in [3.05, 3.63) is 41.2 Å². The lowest BCUT2D eigenvalue weighted by Crippen LogP contribution is -2.53. The number of aromatic carboxylic acids is 1. The molecule has 0 radical (unpaired) electrons. The van der Waals surface area contributed by atoms with Gasteiger partial charge in [-0.05, 0) is 18.1 Å². The third-order valence-corrected chi connectivity index (χ3v) is 4.24. The Morgan fingerprint density at radius 3 is 2.86 bits per heavy atom. The molecule has 2 aromatic rings. The van der Waals surface area contributed by atoms with Crippen LogP contribution in [0.5, 0.6) is 5.75 Å². The maximum absolute atomic E-state index is 12.3. The van der Waals surface area contributed by atoms with Gasteiger partial charge in [-0.15, -0.1) is 5.10 Å². The van der Waals surface area contributed by atoms with Gasteiger partial charge in [0.15, 0.2) is 0 Å². The third kappa shape index (κ3) is 4.89. The minimum Gasteiger partial charge on any atom is -0.534 e. The molecule has 6 N–H and O–H groups in total. The lowest BCUT2D eigenvalue weighted by molar-refractivity contribution is -0.122. The van der Waals surface area contributed by atoms with Crippen molar-refractivity contribution in [2.45, 2.75) is 25.5 Å². The number of benzene rings is 1. The minimum atomic E-state index is -1.40. The number of nitrogens with zero attached hydrogens (tertiary/aromatic N) is 3. The van der Waals surface area contributed by atoms with E-state index in [0.29, 0.717) is 11.3 Å². The van der Waals surface area contributed by atoms with Crippen molar-refractivity contribution < 1.29 is 29.2 Å². The molecule has 0 aliphatic carbocycles. The molecule has 2 heterocycles. The normalized spacial score (nSPS) is 15.2. The monoisotopic (exact) mass is 402 g/mol. The Hall–Kier alpha value is -3.45. The average Bonchev–Trinajstić information content (AvgIpc) is 3.13. The minimum absolute atomic E-state index is 0.0526. The lowest BCUT2D eigenvalue weighted by Gasteiger charge is -2.28. The fourth-order valence-corrected chi connectivity index (χ4v) is 2.87. The van der Waals surface area contributed by atoms with Crippen molar-refractivity contribution in [2.75, 3.05) is 6.54 Å². The number of nitrogens with two attached hydrogens (primary N) is 1. The van der Waals surface area contributed by atoms with E-state index in [4.69, 9.17) is 10.4 Å². The fourth-order valence-electron chi connectivity index (χ4n) is 2.87. The Morgan fingerprint density at radius 2 is 2.14 bits per heavy atom. The number of amides is 2. The molecule has 1 atom stereocenters. The van der Waals surface area contributed by atoms with Gasteiger partial charge in [-0.1, -0.05) is 17.3 Å². The van der Waals surface area contributed by atoms with Crippen LogP contribution in [-0.2, 0) is 29.1 Å². The standard InChI is InChI=1S/C16H19BN6O6/c18-5-13(24)19-6-10-7-23(22-21-10)8-14(25)20-12-4-9-2-1-3-11(16(26)27)15(9)29-17(12)28/h1-3,7,12,28H,4-6,8,18H2,(H,19,24)(H,20,25)(H,26,27). The Kier molecular flexibility index (Phi) is 6.09. The summed E-state index contributed by atoms with van der Waals surface area (Å²) in [7, 11) is -1.40. The molecule has 13 heteroatoms.